The van der Waals surface area contributed by atoms with Crippen molar-refractivity contribution < 1.29 is 0 Å². The van der Waals surface area contributed by atoms with Crippen molar-refractivity contribution in [2.45, 2.75) is 26.4 Å². The predicted octanol–water partition coefficient (Wildman–Crippen LogP) is 2.28. The first-order chi connectivity index (χ1) is 10.2. The van der Waals surface area contributed by atoms with Gasteiger partial charge in [-0.15, -0.1) is 16.4 Å². The van der Waals surface area contributed by atoms with Gasteiger partial charge in [-0.05, 0) is 42.0 Å². The highest BCUT2D eigenvalue weighted by Gasteiger charge is 2.08. The fraction of sp³-hybridized carbons (Fsp3) is 0.286. The van der Waals surface area contributed by atoms with E-state index in [1.54, 1.807) is 22.3 Å². The minimum absolute atomic E-state index is 0.239. The summed E-state index contributed by atoms with van der Waals surface area (Å²) in [6, 6.07) is 8.43. The molecule has 0 bridgehead atoms. The van der Waals surface area contributed by atoms with E-state index < -0.39 is 0 Å². The quantitative estimate of drug-likeness (QED) is 0.783. The molecule has 7 heteroatoms. The van der Waals surface area contributed by atoms with Crippen molar-refractivity contribution >= 4 is 11.3 Å². The minimum Gasteiger partial charge on any atom is -0.305 e. The number of nitrogens with one attached hydrogen (secondary N) is 1. The lowest BCUT2D eigenvalue weighted by molar-refractivity contribution is 0.576. The highest BCUT2D eigenvalue weighted by Crippen LogP contribution is 2.18. The van der Waals surface area contributed by atoms with E-state index in [0.717, 1.165) is 17.9 Å². The molecule has 2 heterocycles. The van der Waals surface area contributed by atoms with Crippen LogP contribution in [0, 0.1) is 6.92 Å². The number of benzene rings is 1. The molecule has 1 N–H and O–H groups in total. The molecule has 0 spiro atoms. The van der Waals surface area contributed by atoms with Crippen molar-refractivity contribution in [3.8, 4) is 5.69 Å². The van der Waals surface area contributed by atoms with E-state index in [1.165, 1.54) is 10.4 Å². The Balaban J connectivity index is 1.71. The Bertz CT molecular complexity index is 706. The second-order valence-electron chi connectivity index (χ2n) is 4.81. The molecule has 0 saturated carbocycles. The third-order valence-corrected chi connectivity index (χ3v) is 4.33. The third kappa shape index (κ3) is 3.14. The van der Waals surface area contributed by atoms with Crippen molar-refractivity contribution in [1.29, 1.82) is 0 Å². The van der Waals surface area contributed by atoms with Gasteiger partial charge in [-0.25, -0.2) is 9.67 Å². The second kappa shape index (κ2) is 6.11. The van der Waals surface area contributed by atoms with Crippen LogP contribution in [0.3, 0.4) is 0 Å². The van der Waals surface area contributed by atoms with Crippen molar-refractivity contribution in [2.75, 3.05) is 0 Å². The summed E-state index contributed by atoms with van der Waals surface area (Å²) >= 11 is 1.68. The van der Waals surface area contributed by atoms with E-state index in [0.29, 0.717) is 0 Å². The zero-order chi connectivity index (χ0) is 14.7. The van der Waals surface area contributed by atoms with E-state index >= 15 is 0 Å². The summed E-state index contributed by atoms with van der Waals surface area (Å²) in [5.74, 6) is 0. The average Bonchev–Trinajstić information content (AvgIpc) is 3.16. The first kappa shape index (κ1) is 13.8. The summed E-state index contributed by atoms with van der Waals surface area (Å²) in [5.41, 5.74) is 5.14. The first-order valence-electron chi connectivity index (χ1n) is 6.69. The number of nitrogens with zero attached hydrogens (tertiary/aromatic N) is 5. The van der Waals surface area contributed by atoms with Crippen LogP contribution in [-0.2, 0) is 6.54 Å². The van der Waals surface area contributed by atoms with Crippen LogP contribution >= 0.6 is 11.3 Å². The molecule has 3 rings (SSSR count). The Morgan fingerprint density at radius 1 is 1.38 bits per heavy atom. The van der Waals surface area contributed by atoms with Crippen LogP contribution in [0.25, 0.3) is 5.69 Å². The number of hydrogen-bond donors (Lipinski definition) is 1. The molecule has 6 nitrogen and oxygen atoms in total. The van der Waals surface area contributed by atoms with Gasteiger partial charge in [0, 0.05) is 17.5 Å². The van der Waals surface area contributed by atoms with Gasteiger partial charge in [0.25, 0.3) is 0 Å². The molecule has 2 aromatic heterocycles. The highest BCUT2D eigenvalue weighted by atomic mass is 32.1. The van der Waals surface area contributed by atoms with Crippen LogP contribution in [0.1, 0.15) is 29.1 Å². The standard InChI is InChI=1S/C14H16N6S/c1-10(15-7-14-11(2)16-9-21-14)12-4-3-5-13(6-12)20-8-17-18-19-20/h3-6,8-10,15H,7H2,1-2H3. The predicted molar refractivity (Wildman–Crippen MR) is 81.3 cm³/mol. The van der Waals surface area contributed by atoms with E-state index in [9.17, 15) is 0 Å². The summed E-state index contributed by atoms with van der Waals surface area (Å²) in [6.07, 6.45) is 1.60. The van der Waals surface area contributed by atoms with Crippen LogP contribution in [0.2, 0.25) is 0 Å². The van der Waals surface area contributed by atoms with Gasteiger partial charge >= 0.3 is 0 Å². The van der Waals surface area contributed by atoms with Crippen LogP contribution in [0.4, 0.5) is 0 Å². The van der Waals surface area contributed by atoms with Gasteiger partial charge in [0.05, 0.1) is 16.9 Å². The molecule has 1 aromatic carbocycles. The van der Waals surface area contributed by atoms with Crippen LogP contribution < -0.4 is 5.32 Å². The summed E-state index contributed by atoms with van der Waals surface area (Å²) in [5, 5.41) is 14.8. The lowest BCUT2D eigenvalue weighted by Gasteiger charge is -2.14. The van der Waals surface area contributed by atoms with Gasteiger partial charge in [0.2, 0.25) is 0 Å². The van der Waals surface area contributed by atoms with E-state index in [1.807, 2.05) is 24.6 Å². The van der Waals surface area contributed by atoms with Crippen molar-refractivity contribution in [3.05, 3.63) is 52.2 Å². The topological polar surface area (TPSA) is 68.5 Å². The molecular formula is C14H16N6S. The summed E-state index contributed by atoms with van der Waals surface area (Å²) in [4.78, 5) is 5.54. The maximum absolute atomic E-state index is 4.27. The van der Waals surface area contributed by atoms with Crippen LogP contribution in [-0.4, -0.2) is 25.2 Å². The second-order valence-corrected chi connectivity index (χ2v) is 5.75. The zero-order valence-corrected chi connectivity index (χ0v) is 12.7. The first-order valence-corrected chi connectivity index (χ1v) is 7.57. The van der Waals surface area contributed by atoms with E-state index in [4.69, 9.17) is 0 Å². The SMILES string of the molecule is Cc1ncsc1CNC(C)c1cccc(-n2cnnn2)c1. The number of aryl methyl sites for hydroxylation is 1. The molecule has 1 atom stereocenters. The molecule has 0 saturated heterocycles. The van der Waals surface area contributed by atoms with Gasteiger partial charge in [-0.2, -0.15) is 0 Å². The Kier molecular flexibility index (Phi) is 4.03. The van der Waals surface area contributed by atoms with Crippen molar-refractivity contribution in [2.24, 2.45) is 0 Å². The van der Waals surface area contributed by atoms with Gasteiger partial charge < -0.3 is 5.32 Å². The molecule has 3 aromatic rings. The maximum atomic E-state index is 4.27. The Labute approximate surface area is 126 Å². The van der Waals surface area contributed by atoms with Gasteiger partial charge in [0.15, 0.2) is 0 Å². The zero-order valence-electron chi connectivity index (χ0n) is 11.9. The molecule has 0 aliphatic carbocycles. The Hall–Kier alpha value is -2.12. The monoisotopic (exact) mass is 300 g/mol. The Morgan fingerprint density at radius 2 is 2.29 bits per heavy atom. The molecule has 0 amide bonds. The van der Waals surface area contributed by atoms with Crippen LogP contribution in [0.15, 0.2) is 36.1 Å². The van der Waals surface area contributed by atoms with Crippen LogP contribution in [0.5, 0.6) is 0 Å². The molecule has 1 unspecified atom stereocenters. The van der Waals surface area contributed by atoms with Gasteiger partial charge in [-0.3, -0.25) is 0 Å². The molecule has 21 heavy (non-hydrogen) atoms. The Morgan fingerprint density at radius 3 is 3.00 bits per heavy atom. The fourth-order valence-electron chi connectivity index (χ4n) is 2.08. The lowest BCUT2D eigenvalue weighted by Crippen LogP contribution is -2.18. The molecule has 0 fully saturated rings. The highest BCUT2D eigenvalue weighted by molar-refractivity contribution is 7.09. The largest absolute Gasteiger partial charge is 0.305 e. The number of hydrogen-bond acceptors (Lipinski definition) is 6. The molecule has 0 radical (unpaired) electrons. The molecule has 108 valence electrons. The number of tetrazole rings is 1. The van der Waals surface area contributed by atoms with E-state index in [2.05, 4.69) is 44.9 Å². The molecular weight excluding hydrogens is 284 g/mol. The third-order valence-electron chi connectivity index (χ3n) is 3.40. The fourth-order valence-corrected chi connectivity index (χ4v) is 2.80. The smallest absolute Gasteiger partial charge is 0.143 e. The van der Waals surface area contributed by atoms with Gasteiger partial charge in [0.1, 0.15) is 6.33 Å². The number of thiazole rings is 1. The van der Waals surface area contributed by atoms with Crippen molar-refractivity contribution in [3.63, 3.8) is 0 Å². The summed E-state index contributed by atoms with van der Waals surface area (Å²) in [6.45, 7) is 5.01. The summed E-state index contributed by atoms with van der Waals surface area (Å²) in [7, 11) is 0. The number of aromatic nitrogens is 5. The van der Waals surface area contributed by atoms with E-state index in [-0.39, 0.29) is 6.04 Å². The minimum atomic E-state index is 0.239. The average molecular weight is 300 g/mol. The van der Waals surface area contributed by atoms with Crippen molar-refractivity contribution in [1.82, 2.24) is 30.5 Å². The number of rotatable bonds is 5. The molecule has 0 aliphatic heterocycles. The molecule has 0 aliphatic rings. The summed E-state index contributed by atoms with van der Waals surface area (Å²) < 4.78 is 1.66. The lowest BCUT2D eigenvalue weighted by atomic mass is 10.1. The maximum Gasteiger partial charge on any atom is 0.143 e. The normalized spacial score (nSPS) is 12.5. The van der Waals surface area contributed by atoms with Gasteiger partial charge in [-0.1, -0.05) is 12.1 Å².